The minimum Gasteiger partial charge on any atom is -0.469 e. The third-order valence-corrected chi connectivity index (χ3v) is 2.18. The van der Waals surface area contributed by atoms with Gasteiger partial charge in [-0.25, -0.2) is 0 Å². The minimum atomic E-state index is -0.433. The molecular weight excluding hydrogens is 192 g/mol. The maximum Gasteiger partial charge on any atom is 0.255 e. The molecule has 0 fully saturated rings. The van der Waals surface area contributed by atoms with Gasteiger partial charge in [0.2, 0.25) is 0 Å². The van der Waals surface area contributed by atoms with Gasteiger partial charge in [0.1, 0.15) is 11.8 Å². The Hall–Kier alpha value is -1.76. The van der Waals surface area contributed by atoms with Crippen molar-refractivity contribution in [1.29, 1.82) is 5.26 Å². The highest BCUT2D eigenvalue weighted by Crippen LogP contribution is 2.11. The second-order valence-electron chi connectivity index (χ2n) is 3.17. The van der Waals surface area contributed by atoms with Gasteiger partial charge in [-0.05, 0) is 12.5 Å². The SMILES string of the molecule is CCc1occc1C(=O)NC(C#N)CC. The topological polar surface area (TPSA) is 66.0 Å². The fraction of sp³-hybridized carbons (Fsp3) is 0.455. The van der Waals surface area contributed by atoms with Crippen LogP contribution in [0.5, 0.6) is 0 Å². The van der Waals surface area contributed by atoms with E-state index in [0.29, 0.717) is 24.2 Å². The molecule has 0 aromatic carbocycles. The van der Waals surface area contributed by atoms with E-state index >= 15 is 0 Å². The van der Waals surface area contributed by atoms with Crippen LogP contribution in [0, 0.1) is 11.3 Å². The Balaban J connectivity index is 2.73. The molecule has 0 aliphatic carbocycles. The molecule has 15 heavy (non-hydrogen) atoms. The van der Waals surface area contributed by atoms with Crippen LogP contribution in [0.1, 0.15) is 36.4 Å². The van der Waals surface area contributed by atoms with E-state index in [2.05, 4.69) is 5.32 Å². The number of carbonyl (C=O) groups excluding carboxylic acids is 1. The summed E-state index contributed by atoms with van der Waals surface area (Å²) in [6.07, 6.45) is 2.75. The van der Waals surface area contributed by atoms with Crippen molar-refractivity contribution in [3.8, 4) is 6.07 Å². The maximum absolute atomic E-state index is 11.7. The van der Waals surface area contributed by atoms with Gasteiger partial charge >= 0.3 is 0 Å². The zero-order chi connectivity index (χ0) is 11.3. The van der Waals surface area contributed by atoms with Gasteiger partial charge in [-0.15, -0.1) is 0 Å². The monoisotopic (exact) mass is 206 g/mol. The van der Waals surface area contributed by atoms with Crippen LogP contribution in [0.25, 0.3) is 0 Å². The van der Waals surface area contributed by atoms with Crippen LogP contribution in [0.15, 0.2) is 16.7 Å². The summed E-state index contributed by atoms with van der Waals surface area (Å²) in [7, 11) is 0. The molecule has 0 saturated carbocycles. The average Bonchev–Trinajstić information content (AvgIpc) is 2.73. The summed E-state index contributed by atoms with van der Waals surface area (Å²) in [5, 5.41) is 11.3. The number of nitrogens with zero attached hydrogens (tertiary/aromatic N) is 1. The van der Waals surface area contributed by atoms with Gasteiger partial charge in [-0.2, -0.15) is 5.26 Å². The number of amides is 1. The van der Waals surface area contributed by atoms with E-state index < -0.39 is 6.04 Å². The lowest BCUT2D eigenvalue weighted by atomic mass is 10.2. The largest absolute Gasteiger partial charge is 0.469 e. The third kappa shape index (κ3) is 2.59. The first-order valence-electron chi connectivity index (χ1n) is 4.99. The van der Waals surface area contributed by atoms with Crippen LogP contribution < -0.4 is 5.32 Å². The van der Waals surface area contributed by atoms with Crippen molar-refractivity contribution in [1.82, 2.24) is 5.32 Å². The van der Waals surface area contributed by atoms with E-state index in [9.17, 15) is 4.79 Å². The number of nitrogens with one attached hydrogen (secondary N) is 1. The predicted octanol–water partition coefficient (Wildman–Crippen LogP) is 1.87. The average molecular weight is 206 g/mol. The highest BCUT2D eigenvalue weighted by atomic mass is 16.3. The van der Waals surface area contributed by atoms with Gasteiger partial charge in [0, 0.05) is 6.42 Å². The number of furan rings is 1. The van der Waals surface area contributed by atoms with Crippen LogP contribution in [0.2, 0.25) is 0 Å². The maximum atomic E-state index is 11.7. The molecule has 0 aliphatic heterocycles. The van der Waals surface area contributed by atoms with Crippen molar-refractivity contribution < 1.29 is 9.21 Å². The van der Waals surface area contributed by atoms with E-state index in [4.69, 9.17) is 9.68 Å². The molecule has 80 valence electrons. The third-order valence-electron chi connectivity index (χ3n) is 2.18. The summed E-state index contributed by atoms with van der Waals surface area (Å²) in [4.78, 5) is 11.7. The van der Waals surface area contributed by atoms with Crippen molar-refractivity contribution in [2.45, 2.75) is 32.7 Å². The summed E-state index contributed by atoms with van der Waals surface area (Å²) in [5.74, 6) is 0.411. The van der Waals surface area contributed by atoms with Crippen molar-refractivity contribution in [3.63, 3.8) is 0 Å². The Bertz CT molecular complexity index is 376. The van der Waals surface area contributed by atoms with Gasteiger partial charge in [-0.1, -0.05) is 13.8 Å². The molecule has 1 aromatic rings. The standard InChI is InChI=1S/C11H14N2O2/c1-3-8(7-12)13-11(14)9-5-6-15-10(9)4-2/h5-6,8H,3-4H2,1-2H3,(H,13,14). The molecule has 1 aromatic heterocycles. The first kappa shape index (κ1) is 11.3. The minimum absolute atomic E-state index is 0.242. The molecular formula is C11H14N2O2. The van der Waals surface area contributed by atoms with Crippen LogP contribution in [-0.2, 0) is 6.42 Å². The summed E-state index contributed by atoms with van der Waals surface area (Å²) >= 11 is 0. The first-order valence-corrected chi connectivity index (χ1v) is 4.99. The molecule has 0 aliphatic rings. The zero-order valence-electron chi connectivity index (χ0n) is 8.91. The summed E-state index contributed by atoms with van der Waals surface area (Å²) in [5.41, 5.74) is 0.520. The summed E-state index contributed by atoms with van der Waals surface area (Å²) in [6.45, 7) is 3.77. The molecule has 1 N–H and O–H groups in total. The smallest absolute Gasteiger partial charge is 0.255 e. The summed E-state index contributed by atoms with van der Waals surface area (Å²) in [6, 6.07) is 3.21. The van der Waals surface area contributed by atoms with Gasteiger partial charge in [0.05, 0.1) is 17.9 Å². The van der Waals surface area contributed by atoms with Crippen LogP contribution in [0.3, 0.4) is 0 Å². The van der Waals surface area contributed by atoms with Crippen molar-refractivity contribution in [2.24, 2.45) is 0 Å². The van der Waals surface area contributed by atoms with Crippen molar-refractivity contribution >= 4 is 5.91 Å². The molecule has 1 heterocycles. The fourth-order valence-corrected chi connectivity index (χ4v) is 1.28. The lowest BCUT2D eigenvalue weighted by molar-refractivity contribution is 0.0942. The van der Waals surface area contributed by atoms with Crippen LogP contribution in [-0.4, -0.2) is 11.9 Å². The van der Waals surface area contributed by atoms with E-state index in [1.165, 1.54) is 6.26 Å². The van der Waals surface area contributed by atoms with Crippen LogP contribution >= 0.6 is 0 Å². The predicted molar refractivity (Wildman–Crippen MR) is 55.2 cm³/mol. The van der Waals surface area contributed by atoms with Crippen molar-refractivity contribution in [3.05, 3.63) is 23.7 Å². The molecule has 4 nitrogen and oxygen atoms in total. The molecule has 1 unspecified atom stereocenters. The Labute approximate surface area is 88.9 Å². The highest BCUT2D eigenvalue weighted by molar-refractivity contribution is 5.95. The number of carbonyl (C=O) groups is 1. The van der Waals surface area contributed by atoms with Crippen LogP contribution in [0.4, 0.5) is 0 Å². The Morgan fingerprint density at radius 1 is 1.67 bits per heavy atom. The molecule has 1 amide bonds. The van der Waals surface area contributed by atoms with Gasteiger partial charge in [0.25, 0.3) is 5.91 Å². The van der Waals surface area contributed by atoms with Crippen molar-refractivity contribution in [2.75, 3.05) is 0 Å². The Morgan fingerprint density at radius 2 is 2.40 bits per heavy atom. The first-order chi connectivity index (χ1) is 7.22. The summed E-state index contributed by atoms with van der Waals surface area (Å²) < 4.78 is 5.14. The molecule has 0 saturated heterocycles. The number of aryl methyl sites for hydroxylation is 1. The van der Waals surface area contributed by atoms with Gasteiger partial charge < -0.3 is 9.73 Å². The lowest BCUT2D eigenvalue weighted by Crippen LogP contribution is -2.33. The van der Waals surface area contributed by atoms with E-state index in [1.54, 1.807) is 6.07 Å². The molecule has 0 spiro atoms. The van der Waals surface area contributed by atoms with E-state index in [-0.39, 0.29) is 5.91 Å². The molecule has 0 radical (unpaired) electrons. The number of hydrogen-bond acceptors (Lipinski definition) is 3. The zero-order valence-corrected chi connectivity index (χ0v) is 8.91. The number of nitriles is 1. The molecule has 1 atom stereocenters. The molecule has 1 rings (SSSR count). The number of rotatable bonds is 4. The van der Waals surface area contributed by atoms with E-state index in [1.807, 2.05) is 19.9 Å². The lowest BCUT2D eigenvalue weighted by Gasteiger charge is -2.08. The van der Waals surface area contributed by atoms with Gasteiger partial charge in [0.15, 0.2) is 0 Å². The van der Waals surface area contributed by atoms with E-state index in [0.717, 1.165) is 0 Å². The normalized spacial score (nSPS) is 11.8. The highest BCUT2D eigenvalue weighted by Gasteiger charge is 2.15. The Morgan fingerprint density at radius 3 is 2.93 bits per heavy atom. The number of hydrogen-bond donors (Lipinski definition) is 1. The molecule has 0 bridgehead atoms. The van der Waals surface area contributed by atoms with Gasteiger partial charge in [-0.3, -0.25) is 4.79 Å². The fourth-order valence-electron chi connectivity index (χ4n) is 1.28. The molecule has 4 heteroatoms. The second-order valence-corrected chi connectivity index (χ2v) is 3.17. The quantitative estimate of drug-likeness (QED) is 0.817. The second kappa shape index (κ2) is 5.20. The Kier molecular flexibility index (Phi) is 3.92.